The van der Waals surface area contributed by atoms with E-state index in [-0.39, 0.29) is 32.7 Å². The Balaban J connectivity index is 0.000000201. The van der Waals surface area contributed by atoms with E-state index in [2.05, 4.69) is 15.0 Å². The van der Waals surface area contributed by atoms with Gasteiger partial charge in [0, 0.05) is 48.8 Å². The third kappa shape index (κ3) is 15.6. The van der Waals surface area contributed by atoms with Crippen LogP contribution in [-0.4, -0.2) is 111 Å². The molecule has 23 nitrogen and oxygen atoms in total. The highest BCUT2D eigenvalue weighted by Crippen LogP contribution is 2.45. The Labute approximate surface area is 601 Å². The summed E-state index contributed by atoms with van der Waals surface area (Å²) in [6.45, 7) is 15.1. The van der Waals surface area contributed by atoms with Gasteiger partial charge >= 0.3 is 30.7 Å². The number of methoxy groups -OCH3 is 2. The number of carbonyl (C=O) groups excluding carboxylic acids is 2. The van der Waals surface area contributed by atoms with Gasteiger partial charge in [0.05, 0.1) is 38.6 Å². The van der Waals surface area contributed by atoms with Crippen molar-refractivity contribution < 1.29 is 61.5 Å². The number of imidazole rings is 1. The summed E-state index contributed by atoms with van der Waals surface area (Å²) in [5.74, 6) is 1.38. The second-order valence-electron chi connectivity index (χ2n) is 27.0. The summed E-state index contributed by atoms with van der Waals surface area (Å²) in [6.07, 6.45) is 0.794. The second kappa shape index (κ2) is 31.1. The summed E-state index contributed by atoms with van der Waals surface area (Å²) >= 11 is 0. The number of ether oxygens (including phenoxy) is 9. The Morgan fingerprint density at radius 1 is 0.538 bits per heavy atom. The number of hydrogen-bond donors (Lipinski definition) is 2. The van der Waals surface area contributed by atoms with Crippen LogP contribution in [0.25, 0.3) is 0 Å². The predicted octanol–water partition coefficient (Wildman–Crippen LogP) is 11.2. The molecule has 104 heavy (non-hydrogen) atoms. The molecule has 7 aromatic carbocycles. The predicted molar refractivity (Wildman–Crippen MR) is 387 cm³/mol. The quantitative estimate of drug-likeness (QED) is 0.0385. The zero-order valence-corrected chi connectivity index (χ0v) is 59.5. The van der Waals surface area contributed by atoms with Crippen molar-refractivity contribution >= 4 is 24.8 Å². The van der Waals surface area contributed by atoms with Gasteiger partial charge in [0.15, 0.2) is 0 Å². The van der Waals surface area contributed by atoms with Crippen molar-refractivity contribution in [2.75, 3.05) is 27.4 Å². The summed E-state index contributed by atoms with van der Waals surface area (Å²) < 4.78 is 71.6. The molecule has 10 aromatic rings. The van der Waals surface area contributed by atoms with Gasteiger partial charge in [-0.25, -0.2) is 28.7 Å². The number of H-pyrrole nitrogens is 2. The van der Waals surface area contributed by atoms with E-state index in [0.717, 1.165) is 55.5 Å². The Morgan fingerprint density at radius 3 is 1.35 bits per heavy atom. The molecule has 0 amide bonds. The molecule has 2 unspecified atom stereocenters. The van der Waals surface area contributed by atoms with E-state index in [1.807, 2.05) is 224 Å². The molecule has 0 spiro atoms. The normalized spacial score (nSPS) is 19.9. The molecule has 0 bridgehead atoms. The minimum Gasteiger partial charge on any atom is -0.497 e. The van der Waals surface area contributed by atoms with Crippen LogP contribution in [0.3, 0.4) is 0 Å². The van der Waals surface area contributed by atoms with Crippen LogP contribution < -0.4 is 37.4 Å². The first-order valence-electron chi connectivity index (χ1n) is 34.2. The Bertz CT molecular complexity index is 4820. The van der Waals surface area contributed by atoms with E-state index >= 15 is 0 Å². The molecule has 2 N–H and O–H groups in total. The van der Waals surface area contributed by atoms with Gasteiger partial charge in [-0.2, -0.15) is 0 Å². The molecule has 3 fully saturated rings. The summed E-state index contributed by atoms with van der Waals surface area (Å²) in [5.41, 5.74) is 4.11. The van der Waals surface area contributed by atoms with E-state index in [4.69, 9.17) is 51.9 Å². The van der Waals surface area contributed by atoms with E-state index in [1.165, 1.54) is 44.8 Å². The van der Waals surface area contributed by atoms with Gasteiger partial charge in [0.1, 0.15) is 72.5 Å². The molecule has 8 atom stereocenters. The SMILES string of the molecule is COc1ccc(C(OC[C@H]2O[C@@H](n3cc(C)c(=O)[nH]c3=O)C[C@@H]2OC(=O)OCc2ccc(B3OC(C)(C)C(C)(C)O3)cc2)(c2ccccc2)c2ccc(C)cc2)cc1.COc1ccc(C(OC[C@H]2O[C@@H](n3cc(C)c(=O)[nH]c3=O)C[C@@H]2OC(=O)n2ccnc2)(c2ccccc2)c2ccc(C)cc2)cc1. The average Bonchev–Trinajstić information content (AvgIpc) is 1.06. The maximum absolute atomic E-state index is 13.4. The highest BCUT2D eigenvalue weighted by atomic mass is 16.7. The molecular weight excluding hydrogens is 1330 g/mol. The number of aromatic amines is 2. The van der Waals surface area contributed by atoms with Crippen molar-refractivity contribution in [2.45, 2.75) is 134 Å². The van der Waals surface area contributed by atoms with Crippen LogP contribution in [0.4, 0.5) is 9.59 Å². The lowest BCUT2D eigenvalue weighted by atomic mass is 9.79. The number of nitrogens with zero attached hydrogens (tertiary/aromatic N) is 4. The van der Waals surface area contributed by atoms with E-state index in [1.54, 1.807) is 28.1 Å². The lowest BCUT2D eigenvalue weighted by molar-refractivity contribution is -0.1000. The first-order valence-corrected chi connectivity index (χ1v) is 34.2. The van der Waals surface area contributed by atoms with E-state index in [0.29, 0.717) is 22.6 Å². The molecule has 3 saturated heterocycles. The molecule has 13 rings (SSSR count). The number of benzene rings is 7. The summed E-state index contributed by atoms with van der Waals surface area (Å²) in [6, 6.07) is 58.7. The van der Waals surface area contributed by atoms with Crippen LogP contribution in [0.1, 0.15) is 114 Å². The van der Waals surface area contributed by atoms with Crippen LogP contribution in [-0.2, 0) is 60.3 Å². The number of aromatic nitrogens is 6. The molecule has 3 aliphatic rings. The molecule has 0 aliphatic carbocycles. The Morgan fingerprint density at radius 2 is 0.942 bits per heavy atom. The second-order valence-corrected chi connectivity index (χ2v) is 27.0. The van der Waals surface area contributed by atoms with Crippen molar-refractivity contribution in [3.63, 3.8) is 0 Å². The molecule has 24 heteroatoms. The van der Waals surface area contributed by atoms with Crippen LogP contribution in [0.2, 0.25) is 0 Å². The number of hydrogen-bond acceptors (Lipinski definition) is 18. The van der Waals surface area contributed by atoms with Crippen molar-refractivity contribution in [3.05, 3.63) is 316 Å². The third-order valence-electron chi connectivity index (χ3n) is 19.5. The van der Waals surface area contributed by atoms with Crippen LogP contribution >= 0.6 is 0 Å². The van der Waals surface area contributed by atoms with Gasteiger partial charge in [0.25, 0.3) is 11.1 Å². The molecule has 538 valence electrons. The fourth-order valence-corrected chi connectivity index (χ4v) is 13.0. The van der Waals surface area contributed by atoms with Gasteiger partial charge < -0.3 is 51.9 Å². The Hall–Kier alpha value is -10.7. The zero-order chi connectivity index (χ0) is 73.5. The molecule has 0 saturated carbocycles. The van der Waals surface area contributed by atoms with E-state index < -0.39 is 101 Å². The minimum atomic E-state index is -1.15. The monoisotopic (exact) mass is 1410 g/mol. The minimum absolute atomic E-state index is 0.0236. The lowest BCUT2D eigenvalue weighted by Crippen LogP contribution is -2.41. The van der Waals surface area contributed by atoms with Crippen molar-refractivity contribution in [3.8, 4) is 11.5 Å². The van der Waals surface area contributed by atoms with Crippen molar-refractivity contribution in [2.24, 2.45) is 0 Å². The standard InChI is InChI=1S/C45H49BN2O10.C35H34N4O7/c1-29-13-17-33(18-14-29)45(32-11-9-8-10-12-32,34-19-23-36(52-7)24-20-34)54-28-38-37(25-39(55-38)48-26-30(2)40(49)47-41(48)50)56-42(51)53-27-31-15-21-35(22-16-31)46-57-43(3,4)44(5,6)58-46;1-23-9-11-26(12-10-23)35(25-7-5-4-6-8-25,27-13-15-28(43-3)16-14-27)44-21-30-29(46-34(42)38-18-17-36-22-38)19-31(45-30)39-20-24(2)32(40)37-33(39)41/h8-24,26,37-39H,25,27-28H2,1-7H3,(H,47,49,50);4-18,20,22,29-31H,19,21H2,1-3H3,(H,37,40,41)/t37-,38+,39+,45?;29-,30+,31+,35?/m00/s1. The van der Waals surface area contributed by atoms with Crippen molar-refractivity contribution in [1.82, 2.24) is 28.7 Å². The molecule has 6 heterocycles. The molecule has 0 radical (unpaired) electrons. The molecule has 3 aromatic heterocycles. The van der Waals surface area contributed by atoms with Gasteiger partial charge in [-0.05, 0) is 124 Å². The van der Waals surface area contributed by atoms with Crippen LogP contribution in [0, 0.1) is 27.7 Å². The number of rotatable bonds is 21. The number of nitrogens with one attached hydrogen (secondary N) is 2. The first kappa shape index (κ1) is 73.0. The molecular formula is C80H83BN6O17. The smallest absolute Gasteiger partial charge is 0.497 e. The maximum atomic E-state index is 13.4. The summed E-state index contributed by atoms with van der Waals surface area (Å²) in [4.78, 5) is 85.2. The van der Waals surface area contributed by atoms with Gasteiger partial charge in [-0.3, -0.25) is 28.7 Å². The number of carbonyl (C=O) groups is 2. The lowest BCUT2D eigenvalue weighted by Gasteiger charge is -2.37. The highest BCUT2D eigenvalue weighted by Gasteiger charge is 2.52. The number of aryl methyl sites for hydroxylation is 4. The highest BCUT2D eigenvalue weighted by molar-refractivity contribution is 6.62. The zero-order valence-electron chi connectivity index (χ0n) is 59.5. The third-order valence-corrected chi connectivity index (χ3v) is 19.5. The fraction of sp³-hybridized carbons (Fsp3) is 0.312. The topological polar surface area (TPSA) is 263 Å². The van der Waals surface area contributed by atoms with Gasteiger partial charge in [0.2, 0.25) is 0 Å². The first-order chi connectivity index (χ1) is 50.0. The average molecular weight is 1410 g/mol. The van der Waals surface area contributed by atoms with Crippen LogP contribution in [0.5, 0.6) is 11.5 Å². The van der Waals surface area contributed by atoms with Crippen molar-refractivity contribution in [1.29, 1.82) is 0 Å². The summed E-state index contributed by atoms with van der Waals surface area (Å²) in [7, 11) is 2.71. The largest absolute Gasteiger partial charge is 0.508 e. The fourth-order valence-electron chi connectivity index (χ4n) is 13.0. The van der Waals surface area contributed by atoms with Gasteiger partial charge in [-0.15, -0.1) is 0 Å². The van der Waals surface area contributed by atoms with E-state index in [9.17, 15) is 28.8 Å². The van der Waals surface area contributed by atoms with Crippen LogP contribution in [0.15, 0.2) is 232 Å². The molecule has 3 aliphatic heterocycles. The van der Waals surface area contributed by atoms with Gasteiger partial charge in [-0.1, -0.05) is 169 Å². The maximum Gasteiger partial charge on any atom is 0.508 e. The summed E-state index contributed by atoms with van der Waals surface area (Å²) in [5, 5.41) is 0. The Kier molecular flexibility index (Phi) is 21.8.